The van der Waals surface area contributed by atoms with Crippen LogP contribution in [0.1, 0.15) is 24.4 Å². The first-order valence-electron chi connectivity index (χ1n) is 9.71. The number of nitro groups is 1. The first-order valence-corrected chi connectivity index (χ1v) is 10.9. The molecule has 1 aromatic rings. The van der Waals surface area contributed by atoms with Crippen molar-refractivity contribution in [3.8, 4) is 0 Å². The summed E-state index contributed by atoms with van der Waals surface area (Å²) >= 11 is 1.72. The van der Waals surface area contributed by atoms with Crippen LogP contribution in [0, 0.1) is 10.1 Å². The number of carboxylic acid groups (broad SMARTS) is 3. The van der Waals surface area contributed by atoms with Gasteiger partial charge in [-0.3, -0.25) is 14.9 Å². The SMILES string of the molecule is CN/C(=C\[N+](=O)[O-])NCCSCc1ccc(CN(C)C)o1.O=C([O-])CC(O)(CC(=O)O)C(=O)[O-].[Zn+2]. The Labute approximate surface area is 218 Å². The quantitative estimate of drug-likeness (QED) is 0.0744. The van der Waals surface area contributed by atoms with Gasteiger partial charge in [-0.1, -0.05) is 0 Å². The molecule has 1 rings (SSSR count). The number of hydrogen-bond donors (Lipinski definition) is 4. The number of aliphatic carboxylic acids is 3. The molecule has 0 fully saturated rings. The summed E-state index contributed by atoms with van der Waals surface area (Å²) in [4.78, 5) is 42.1. The molecule has 192 valence electrons. The van der Waals surface area contributed by atoms with Gasteiger partial charge in [0.2, 0.25) is 0 Å². The number of rotatable bonds is 15. The van der Waals surface area contributed by atoms with Crippen LogP contribution >= 0.6 is 11.8 Å². The maximum absolute atomic E-state index is 10.3. The van der Waals surface area contributed by atoms with Gasteiger partial charge in [0.25, 0.3) is 6.20 Å². The normalized spacial score (nSPS) is 12.4. The predicted molar refractivity (Wildman–Crippen MR) is 116 cm³/mol. The van der Waals surface area contributed by atoms with Crippen molar-refractivity contribution in [2.75, 3.05) is 33.4 Å². The Bertz CT molecular complexity index is 846. The van der Waals surface area contributed by atoms with E-state index in [0.29, 0.717) is 12.4 Å². The second-order valence-corrected chi connectivity index (χ2v) is 8.21. The summed E-state index contributed by atoms with van der Waals surface area (Å²) in [5, 5.41) is 53.3. The number of carbonyl (C=O) groups excluding carboxylic acids is 2. The van der Waals surface area contributed by atoms with Gasteiger partial charge >= 0.3 is 25.4 Å². The Balaban J connectivity index is 0. The number of hydrogen-bond acceptors (Lipinski definition) is 13. The van der Waals surface area contributed by atoms with Crippen molar-refractivity contribution in [1.29, 1.82) is 0 Å². The summed E-state index contributed by atoms with van der Waals surface area (Å²) < 4.78 is 5.70. The fourth-order valence-electron chi connectivity index (χ4n) is 2.33. The van der Waals surface area contributed by atoms with Crippen molar-refractivity contribution in [2.24, 2.45) is 0 Å². The molecule has 35 heavy (non-hydrogen) atoms. The Kier molecular flexibility index (Phi) is 17.5. The third kappa shape index (κ3) is 16.6. The Morgan fingerprint density at radius 1 is 1.23 bits per heavy atom. The fraction of sp³-hybridized carbons (Fsp3) is 0.526. The zero-order chi connectivity index (χ0) is 26.3. The molecule has 4 N–H and O–H groups in total. The predicted octanol–water partition coefficient (Wildman–Crippen LogP) is -2.46. The molecule has 14 nitrogen and oxygen atoms in total. The minimum atomic E-state index is -2.91. The first kappa shape index (κ1) is 34.5. The van der Waals surface area contributed by atoms with Gasteiger partial charge in [0.1, 0.15) is 17.1 Å². The summed E-state index contributed by atoms with van der Waals surface area (Å²) in [6.07, 6.45) is -1.64. The van der Waals surface area contributed by atoms with Gasteiger partial charge in [-0.15, -0.1) is 0 Å². The van der Waals surface area contributed by atoms with Crippen molar-refractivity contribution in [3.63, 3.8) is 0 Å². The Hall–Kier alpha value is -2.68. The smallest absolute Gasteiger partial charge is 0.550 e. The molecule has 0 bridgehead atoms. The van der Waals surface area contributed by atoms with Crippen molar-refractivity contribution in [2.45, 2.75) is 30.7 Å². The molecular formula is C19H28N4O10SZn. The molecule has 0 saturated heterocycles. The average molecular weight is 570 g/mol. The van der Waals surface area contributed by atoms with E-state index in [0.717, 1.165) is 35.8 Å². The second-order valence-electron chi connectivity index (χ2n) is 7.10. The van der Waals surface area contributed by atoms with E-state index in [1.54, 1.807) is 18.8 Å². The van der Waals surface area contributed by atoms with Crippen molar-refractivity contribution >= 4 is 29.7 Å². The van der Waals surface area contributed by atoms with E-state index in [-0.39, 0.29) is 19.5 Å². The van der Waals surface area contributed by atoms with E-state index in [9.17, 15) is 34.7 Å². The summed E-state index contributed by atoms with van der Waals surface area (Å²) in [6, 6.07) is 3.98. The molecule has 1 unspecified atom stereocenters. The van der Waals surface area contributed by atoms with Gasteiger partial charge in [0, 0.05) is 31.7 Å². The summed E-state index contributed by atoms with van der Waals surface area (Å²) in [6.45, 7) is 1.44. The molecular weight excluding hydrogens is 542 g/mol. The molecule has 0 aliphatic carbocycles. The molecule has 1 atom stereocenters. The first-order chi connectivity index (χ1) is 15.8. The minimum Gasteiger partial charge on any atom is -0.550 e. The summed E-state index contributed by atoms with van der Waals surface area (Å²) in [5.74, 6) is -1.72. The molecule has 0 saturated carbocycles. The van der Waals surface area contributed by atoms with E-state index in [1.165, 1.54) is 0 Å². The number of nitrogens with one attached hydrogen (secondary N) is 2. The zero-order valence-corrected chi connectivity index (χ0v) is 23.4. The van der Waals surface area contributed by atoms with Crippen LogP contribution in [0.25, 0.3) is 0 Å². The van der Waals surface area contributed by atoms with E-state index in [1.807, 2.05) is 26.2 Å². The molecule has 0 aromatic carbocycles. The number of thioether (sulfide) groups is 1. The van der Waals surface area contributed by atoms with Crippen LogP contribution in [0.5, 0.6) is 0 Å². The van der Waals surface area contributed by atoms with Gasteiger partial charge in [0.05, 0.1) is 29.6 Å². The maximum atomic E-state index is 10.3. The number of carboxylic acids is 3. The standard InChI is InChI=1S/C13H22N4O3S.C6H8O7.Zn/c1-14-13(9-17(18)19)15-6-7-21-10-12-5-4-11(20-12)8-16(2)3;7-3(8)1-6(13,5(11)12)2-4(9)10;/h4-5,9,14-15H,6-8,10H2,1-3H3;13H,1-2H2,(H,7,8)(H,9,10)(H,11,12);/q;;+2/p-2/b13-9+;;. The third-order valence-electron chi connectivity index (χ3n) is 3.76. The van der Waals surface area contributed by atoms with Crippen LogP contribution in [0.3, 0.4) is 0 Å². The minimum absolute atomic E-state index is 0. The largest absolute Gasteiger partial charge is 2.00 e. The van der Waals surface area contributed by atoms with Crippen LogP contribution in [0.2, 0.25) is 0 Å². The van der Waals surface area contributed by atoms with Crippen molar-refractivity contribution < 1.29 is 63.6 Å². The van der Waals surface area contributed by atoms with E-state index in [2.05, 4.69) is 15.5 Å². The molecule has 0 amide bonds. The van der Waals surface area contributed by atoms with Crippen LogP contribution < -0.4 is 20.8 Å². The molecule has 0 aliphatic rings. The zero-order valence-electron chi connectivity index (χ0n) is 19.6. The number of furan rings is 1. The van der Waals surface area contributed by atoms with E-state index >= 15 is 0 Å². The van der Waals surface area contributed by atoms with Gasteiger partial charge in [-0.2, -0.15) is 11.8 Å². The van der Waals surface area contributed by atoms with Gasteiger partial charge in [-0.25, -0.2) is 0 Å². The van der Waals surface area contributed by atoms with Gasteiger partial charge in [-0.05, 0) is 26.2 Å². The number of nitrogens with zero attached hydrogens (tertiary/aromatic N) is 2. The van der Waals surface area contributed by atoms with Crippen molar-refractivity contribution in [1.82, 2.24) is 15.5 Å². The molecule has 0 radical (unpaired) electrons. The topological polar surface area (TPSA) is 221 Å². The second kappa shape index (κ2) is 17.7. The van der Waals surface area contributed by atoms with Gasteiger partial charge < -0.3 is 50.0 Å². The number of aliphatic hydroxyl groups is 1. The molecule has 1 aromatic heterocycles. The number of carbonyl (C=O) groups is 3. The van der Waals surface area contributed by atoms with Crippen molar-refractivity contribution in [3.05, 3.63) is 45.8 Å². The maximum Gasteiger partial charge on any atom is 2.00 e. The molecule has 1 heterocycles. The molecule has 16 heteroatoms. The monoisotopic (exact) mass is 568 g/mol. The Morgan fingerprint density at radius 3 is 2.29 bits per heavy atom. The molecule has 0 spiro atoms. The van der Waals surface area contributed by atoms with Crippen LogP contribution in [0.15, 0.2) is 28.6 Å². The third-order valence-corrected chi connectivity index (χ3v) is 4.74. The van der Waals surface area contributed by atoms with E-state index < -0.39 is 41.3 Å². The van der Waals surface area contributed by atoms with Crippen LogP contribution in [-0.2, 0) is 46.2 Å². The molecule has 0 aliphatic heterocycles. The summed E-state index contributed by atoms with van der Waals surface area (Å²) in [7, 11) is 5.64. The Morgan fingerprint density at radius 2 is 1.83 bits per heavy atom. The van der Waals surface area contributed by atoms with Gasteiger partial charge in [0.15, 0.2) is 5.82 Å². The van der Waals surface area contributed by atoms with Crippen LogP contribution in [-0.4, -0.2) is 77.0 Å². The summed E-state index contributed by atoms with van der Waals surface area (Å²) in [5.41, 5.74) is -2.91. The van der Waals surface area contributed by atoms with Crippen LogP contribution in [0.4, 0.5) is 0 Å². The van der Waals surface area contributed by atoms with E-state index in [4.69, 9.17) is 14.6 Å². The fourth-order valence-corrected chi connectivity index (χ4v) is 3.07. The average Bonchev–Trinajstić information content (AvgIpc) is 3.12.